The Bertz CT molecular complexity index is 886. The van der Waals surface area contributed by atoms with Crippen molar-refractivity contribution in [2.45, 2.75) is 50.7 Å². The molecule has 4 nitrogen and oxygen atoms in total. The van der Waals surface area contributed by atoms with Crippen LogP contribution in [0, 0.1) is 11.7 Å². The van der Waals surface area contributed by atoms with Crippen LogP contribution in [0.15, 0.2) is 48.5 Å². The quantitative estimate of drug-likeness (QED) is 0.811. The van der Waals surface area contributed by atoms with E-state index in [0.29, 0.717) is 25.1 Å². The van der Waals surface area contributed by atoms with E-state index >= 15 is 0 Å². The van der Waals surface area contributed by atoms with Gasteiger partial charge in [-0.05, 0) is 50.5 Å². The van der Waals surface area contributed by atoms with E-state index in [0.717, 1.165) is 37.0 Å². The molecular weight excluding hydrogens is 369 g/mol. The molecular formula is C24H28FNO3. The first kappa shape index (κ1) is 19.9. The Hall–Kier alpha value is -2.40. The van der Waals surface area contributed by atoms with Crippen molar-refractivity contribution < 1.29 is 19.0 Å². The zero-order chi connectivity index (χ0) is 20.4. The van der Waals surface area contributed by atoms with E-state index < -0.39 is 11.4 Å². The first-order valence-electron chi connectivity index (χ1n) is 10.5. The number of nitrogens with zero attached hydrogens (tertiary/aromatic N) is 1. The van der Waals surface area contributed by atoms with Gasteiger partial charge in [-0.2, -0.15) is 0 Å². The summed E-state index contributed by atoms with van der Waals surface area (Å²) in [6, 6.07) is 13.3. The molecule has 1 heterocycles. The molecule has 2 fully saturated rings. The summed E-state index contributed by atoms with van der Waals surface area (Å²) < 4.78 is 19.7. The molecule has 2 aromatic rings. The number of hydrogen-bond acceptors (Lipinski definition) is 3. The third kappa shape index (κ3) is 3.76. The van der Waals surface area contributed by atoms with Crippen LogP contribution < -0.4 is 4.74 Å². The molecule has 1 aliphatic carbocycles. The molecule has 0 unspecified atom stereocenters. The Morgan fingerprint density at radius 3 is 2.83 bits per heavy atom. The number of piperidine rings is 1. The van der Waals surface area contributed by atoms with Crippen molar-refractivity contribution in [1.29, 1.82) is 0 Å². The number of fused-ring (bicyclic) bond motifs is 1. The predicted octanol–water partition coefficient (Wildman–Crippen LogP) is 4.73. The summed E-state index contributed by atoms with van der Waals surface area (Å²) in [6.45, 7) is 2.90. The molecule has 2 aromatic carbocycles. The molecule has 0 radical (unpaired) electrons. The van der Waals surface area contributed by atoms with Crippen molar-refractivity contribution in [2.75, 3.05) is 13.2 Å². The van der Waals surface area contributed by atoms with Crippen molar-refractivity contribution in [3.63, 3.8) is 0 Å². The Morgan fingerprint density at radius 1 is 1.21 bits per heavy atom. The second kappa shape index (κ2) is 8.15. The fourth-order valence-electron chi connectivity index (χ4n) is 5.09. The number of carbonyl (C=O) groups excluding carboxylic acids is 1. The highest BCUT2D eigenvalue weighted by atomic mass is 19.1. The maximum atomic E-state index is 13.8. The summed E-state index contributed by atoms with van der Waals surface area (Å²) in [5, 5.41) is 11.4. The minimum absolute atomic E-state index is 0.0656. The molecule has 0 aromatic heterocycles. The summed E-state index contributed by atoms with van der Waals surface area (Å²) in [5.74, 6) is 0.0534. The van der Waals surface area contributed by atoms with Crippen molar-refractivity contribution in [3.05, 3.63) is 65.5 Å². The molecule has 1 amide bonds. The Kier molecular flexibility index (Phi) is 5.59. The van der Waals surface area contributed by atoms with E-state index in [4.69, 9.17) is 4.74 Å². The van der Waals surface area contributed by atoms with Gasteiger partial charge in [-0.1, -0.05) is 37.1 Å². The Labute approximate surface area is 171 Å². The van der Waals surface area contributed by atoms with E-state index in [-0.39, 0.29) is 17.9 Å². The molecule has 1 N–H and O–H groups in total. The summed E-state index contributed by atoms with van der Waals surface area (Å²) in [5.41, 5.74) is 0.482. The van der Waals surface area contributed by atoms with Gasteiger partial charge in [0.05, 0.1) is 18.2 Å². The van der Waals surface area contributed by atoms with Gasteiger partial charge in [-0.15, -0.1) is 0 Å². The zero-order valence-corrected chi connectivity index (χ0v) is 16.8. The van der Waals surface area contributed by atoms with Crippen molar-refractivity contribution in [1.82, 2.24) is 4.90 Å². The van der Waals surface area contributed by atoms with Crippen LogP contribution in [0.25, 0.3) is 0 Å². The summed E-state index contributed by atoms with van der Waals surface area (Å²) in [6.07, 6.45) is 4.19. The molecule has 0 spiro atoms. The highest BCUT2D eigenvalue weighted by Gasteiger charge is 2.50. The average molecular weight is 397 g/mol. The van der Waals surface area contributed by atoms with Crippen LogP contribution in [0.2, 0.25) is 0 Å². The number of likely N-dealkylation sites (tertiary alicyclic amines) is 1. The second-order valence-electron chi connectivity index (χ2n) is 8.13. The van der Waals surface area contributed by atoms with Crippen molar-refractivity contribution >= 4 is 5.91 Å². The first-order chi connectivity index (χ1) is 14.0. The first-order valence-corrected chi connectivity index (χ1v) is 10.5. The van der Waals surface area contributed by atoms with Crippen LogP contribution in [0.5, 0.6) is 5.75 Å². The van der Waals surface area contributed by atoms with E-state index in [1.165, 1.54) is 12.1 Å². The zero-order valence-electron chi connectivity index (χ0n) is 16.8. The molecule has 5 heteroatoms. The van der Waals surface area contributed by atoms with Crippen molar-refractivity contribution in [2.24, 2.45) is 5.92 Å². The molecule has 29 heavy (non-hydrogen) atoms. The van der Waals surface area contributed by atoms with Gasteiger partial charge in [-0.25, -0.2) is 4.39 Å². The number of aliphatic hydroxyl groups is 1. The molecule has 154 valence electrons. The minimum atomic E-state index is -0.777. The highest BCUT2D eigenvalue weighted by Crippen LogP contribution is 2.51. The monoisotopic (exact) mass is 397 g/mol. The number of benzene rings is 2. The van der Waals surface area contributed by atoms with Crippen LogP contribution >= 0.6 is 0 Å². The molecule has 1 saturated heterocycles. The molecule has 2 aliphatic rings. The standard InChI is InChI=1S/C24H28FNO3/c1-2-29-21-12-4-3-10-19(21)22-20-11-5-6-13-24(20,28)14-15-26(22)23(27)17-8-7-9-18(25)16-17/h3-4,7-10,12,16,20,22,28H,2,5-6,11,13-15H2,1H3/t20-,22-,24-/m0/s1. The summed E-state index contributed by atoms with van der Waals surface area (Å²) in [7, 11) is 0. The van der Waals surface area contributed by atoms with E-state index in [2.05, 4.69) is 0 Å². The lowest BCUT2D eigenvalue weighted by atomic mass is 9.66. The van der Waals surface area contributed by atoms with Gasteiger partial charge in [-0.3, -0.25) is 4.79 Å². The number of rotatable bonds is 4. The van der Waals surface area contributed by atoms with Crippen LogP contribution in [-0.4, -0.2) is 34.7 Å². The van der Waals surface area contributed by atoms with Gasteiger partial charge in [0, 0.05) is 23.6 Å². The van der Waals surface area contributed by atoms with Crippen LogP contribution in [-0.2, 0) is 0 Å². The fraction of sp³-hybridized carbons (Fsp3) is 0.458. The van der Waals surface area contributed by atoms with E-state index in [1.807, 2.05) is 36.1 Å². The smallest absolute Gasteiger partial charge is 0.254 e. The summed E-state index contributed by atoms with van der Waals surface area (Å²) in [4.78, 5) is 15.2. The number of para-hydroxylation sites is 1. The lowest BCUT2D eigenvalue weighted by Gasteiger charge is -2.52. The fourth-order valence-corrected chi connectivity index (χ4v) is 5.09. The van der Waals surface area contributed by atoms with Gasteiger partial charge in [0.1, 0.15) is 11.6 Å². The molecule has 0 bridgehead atoms. The molecule has 1 aliphatic heterocycles. The van der Waals surface area contributed by atoms with Crippen LogP contribution in [0.4, 0.5) is 4.39 Å². The third-order valence-electron chi connectivity index (χ3n) is 6.44. The second-order valence-corrected chi connectivity index (χ2v) is 8.13. The lowest BCUT2D eigenvalue weighted by molar-refractivity contribution is -0.115. The van der Waals surface area contributed by atoms with Crippen LogP contribution in [0.3, 0.4) is 0 Å². The van der Waals surface area contributed by atoms with Gasteiger partial charge in [0.25, 0.3) is 5.91 Å². The van der Waals surface area contributed by atoms with Gasteiger partial charge in [0.2, 0.25) is 0 Å². The summed E-state index contributed by atoms with van der Waals surface area (Å²) >= 11 is 0. The topological polar surface area (TPSA) is 49.8 Å². The normalized spacial score (nSPS) is 26.7. The number of hydrogen-bond donors (Lipinski definition) is 1. The third-order valence-corrected chi connectivity index (χ3v) is 6.44. The van der Waals surface area contributed by atoms with Gasteiger partial charge in [0.15, 0.2) is 0 Å². The van der Waals surface area contributed by atoms with Gasteiger partial charge >= 0.3 is 0 Å². The van der Waals surface area contributed by atoms with Gasteiger partial charge < -0.3 is 14.7 Å². The number of halogens is 1. The number of ether oxygens (including phenoxy) is 1. The van der Waals surface area contributed by atoms with E-state index in [9.17, 15) is 14.3 Å². The minimum Gasteiger partial charge on any atom is -0.494 e. The maximum Gasteiger partial charge on any atom is 0.254 e. The SMILES string of the molecule is CCOc1ccccc1[C@H]1[C@@H]2CCCC[C@]2(O)CCN1C(=O)c1cccc(F)c1. The molecule has 1 saturated carbocycles. The van der Waals surface area contributed by atoms with Crippen molar-refractivity contribution in [3.8, 4) is 5.75 Å². The Balaban J connectivity index is 1.79. The average Bonchev–Trinajstić information content (AvgIpc) is 2.73. The predicted molar refractivity (Wildman–Crippen MR) is 109 cm³/mol. The Morgan fingerprint density at radius 2 is 2.03 bits per heavy atom. The largest absolute Gasteiger partial charge is 0.494 e. The highest BCUT2D eigenvalue weighted by molar-refractivity contribution is 5.94. The molecule has 4 rings (SSSR count). The molecule has 3 atom stereocenters. The number of amides is 1. The van der Waals surface area contributed by atoms with E-state index in [1.54, 1.807) is 12.1 Å². The number of carbonyl (C=O) groups is 1. The van der Waals surface area contributed by atoms with Crippen LogP contribution in [0.1, 0.15) is 61.0 Å². The lowest BCUT2D eigenvalue weighted by Crippen LogP contribution is -2.56. The maximum absolute atomic E-state index is 13.8.